The Morgan fingerprint density at radius 3 is 2.38 bits per heavy atom. The van der Waals surface area contributed by atoms with Crippen molar-refractivity contribution in [3.8, 4) is 0 Å². The number of benzene rings is 1. The Bertz CT molecular complexity index is 727. The van der Waals surface area contributed by atoms with E-state index in [1.165, 1.54) is 10.6 Å². The number of sulfonamides is 1. The maximum Gasteiger partial charge on any atom is 0.227 e. The number of aliphatic hydroxyl groups is 1. The van der Waals surface area contributed by atoms with Crippen LogP contribution in [0.5, 0.6) is 0 Å². The van der Waals surface area contributed by atoms with Gasteiger partial charge in [-0.1, -0.05) is 0 Å². The van der Waals surface area contributed by atoms with Crippen molar-refractivity contribution in [2.45, 2.75) is 19.4 Å². The predicted molar refractivity (Wildman–Crippen MR) is 92.6 cm³/mol. The average Bonchev–Trinajstić information content (AvgIpc) is 2.99. The predicted octanol–water partition coefficient (Wildman–Crippen LogP) is 0.387. The number of carbonyl (C=O) groups is 1. The van der Waals surface area contributed by atoms with Crippen LogP contribution in [0.25, 0.3) is 0 Å². The van der Waals surface area contributed by atoms with E-state index >= 15 is 0 Å². The van der Waals surface area contributed by atoms with Crippen LogP contribution >= 0.6 is 0 Å². The minimum Gasteiger partial charge on any atom is -0.392 e. The van der Waals surface area contributed by atoms with Crippen LogP contribution in [0.1, 0.15) is 18.4 Å². The molecule has 0 bridgehead atoms. The summed E-state index contributed by atoms with van der Waals surface area (Å²) >= 11 is 0. The number of hydrogen-bond acceptors (Lipinski definition) is 5. The zero-order valence-electron chi connectivity index (χ0n) is 13.8. The van der Waals surface area contributed by atoms with E-state index in [0.717, 1.165) is 29.9 Å². The lowest BCUT2D eigenvalue weighted by atomic mass is 10.1. The lowest BCUT2D eigenvalue weighted by molar-refractivity contribution is -0.117. The molecule has 0 aromatic heterocycles. The number of aliphatic hydroxyl groups excluding tert-OH is 1. The van der Waals surface area contributed by atoms with E-state index in [1.807, 2.05) is 18.2 Å². The number of nitrogens with zero attached hydrogens (tertiary/aromatic N) is 3. The first-order chi connectivity index (χ1) is 11.4. The topological polar surface area (TPSA) is 81.2 Å². The number of rotatable bonds is 4. The molecule has 8 heteroatoms. The van der Waals surface area contributed by atoms with Crippen LogP contribution in [-0.4, -0.2) is 62.7 Å². The molecule has 1 aromatic rings. The largest absolute Gasteiger partial charge is 0.392 e. The molecule has 2 aliphatic heterocycles. The Kier molecular flexibility index (Phi) is 4.80. The van der Waals surface area contributed by atoms with Gasteiger partial charge in [-0.3, -0.25) is 4.79 Å². The molecular formula is C16H23N3O4S. The summed E-state index contributed by atoms with van der Waals surface area (Å²) in [6.07, 6.45) is 2.66. The fourth-order valence-electron chi connectivity index (χ4n) is 3.36. The van der Waals surface area contributed by atoms with E-state index in [2.05, 4.69) is 4.90 Å². The molecule has 2 saturated heterocycles. The molecule has 3 rings (SSSR count). The molecule has 2 heterocycles. The number of hydrogen-bond donors (Lipinski definition) is 1. The van der Waals surface area contributed by atoms with Crippen molar-refractivity contribution in [1.82, 2.24) is 4.31 Å². The van der Waals surface area contributed by atoms with Crippen LogP contribution in [0.15, 0.2) is 18.2 Å². The van der Waals surface area contributed by atoms with Gasteiger partial charge in [0, 0.05) is 56.1 Å². The monoisotopic (exact) mass is 353 g/mol. The fraction of sp³-hybridized carbons (Fsp3) is 0.562. The summed E-state index contributed by atoms with van der Waals surface area (Å²) < 4.78 is 24.7. The summed E-state index contributed by atoms with van der Waals surface area (Å²) in [5, 5.41) is 9.73. The highest BCUT2D eigenvalue weighted by Gasteiger charge is 2.26. The molecule has 0 radical (unpaired) electrons. The van der Waals surface area contributed by atoms with Gasteiger partial charge in [0.1, 0.15) is 0 Å². The van der Waals surface area contributed by atoms with Crippen molar-refractivity contribution in [3.63, 3.8) is 0 Å². The lowest BCUT2D eigenvalue weighted by Crippen LogP contribution is -2.48. The van der Waals surface area contributed by atoms with Crippen molar-refractivity contribution in [1.29, 1.82) is 0 Å². The zero-order valence-corrected chi connectivity index (χ0v) is 14.6. The molecular weight excluding hydrogens is 330 g/mol. The van der Waals surface area contributed by atoms with Gasteiger partial charge >= 0.3 is 0 Å². The van der Waals surface area contributed by atoms with Crippen LogP contribution in [-0.2, 0) is 21.4 Å². The van der Waals surface area contributed by atoms with Crippen molar-refractivity contribution >= 4 is 27.3 Å². The standard InChI is InChI=1S/C16H23N3O4S/c1-24(22,23)18-9-7-17(8-10-18)15-5-4-14(11-13(15)12-20)19-6-2-3-16(19)21/h4-5,11,20H,2-3,6-10,12H2,1H3. The average molecular weight is 353 g/mol. The van der Waals surface area contributed by atoms with Gasteiger partial charge < -0.3 is 14.9 Å². The minimum absolute atomic E-state index is 0.114. The molecule has 1 amide bonds. The number of carbonyl (C=O) groups excluding carboxylic acids is 1. The number of piperazine rings is 1. The molecule has 0 unspecified atom stereocenters. The third kappa shape index (κ3) is 3.40. The number of anilines is 2. The normalized spacial score (nSPS) is 20.0. The van der Waals surface area contributed by atoms with Crippen molar-refractivity contribution in [3.05, 3.63) is 23.8 Å². The third-order valence-corrected chi connectivity index (χ3v) is 5.97. The molecule has 2 fully saturated rings. The van der Waals surface area contributed by atoms with Gasteiger partial charge in [-0.2, -0.15) is 4.31 Å². The van der Waals surface area contributed by atoms with Gasteiger partial charge in [0.2, 0.25) is 15.9 Å². The molecule has 2 aliphatic rings. The molecule has 0 spiro atoms. The summed E-state index contributed by atoms with van der Waals surface area (Å²) in [5.74, 6) is 0.119. The molecule has 0 atom stereocenters. The van der Waals surface area contributed by atoms with E-state index < -0.39 is 10.0 Å². The second kappa shape index (κ2) is 6.70. The highest BCUT2D eigenvalue weighted by atomic mass is 32.2. The molecule has 7 nitrogen and oxygen atoms in total. The Labute approximate surface area is 142 Å². The van der Waals surface area contributed by atoms with Gasteiger partial charge in [-0.15, -0.1) is 0 Å². The third-order valence-electron chi connectivity index (χ3n) is 4.67. The van der Waals surface area contributed by atoms with Crippen molar-refractivity contribution in [2.75, 3.05) is 48.8 Å². The van der Waals surface area contributed by atoms with Gasteiger partial charge in [0.05, 0.1) is 12.9 Å². The summed E-state index contributed by atoms with van der Waals surface area (Å²) in [7, 11) is -3.16. The van der Waals surface area contributed by atoms with Gasteiger partial charge in [-0.05, 0) is 24.6 Å². The van der Waals surface area contributed by atoms with Crippen LogP contribution in [0.4, 0.5) is 11.4 Å². The van der Waals surface area contributed by atoms with E-state index in [0.29, 0.717) is 32.6 Å². The zero-order chi connectivity index (χ0) is 17.3. The van der Waals surface area contributed by atoms with Crippen LogP contribution in [0.3, 0.4) is 0 Å². The smallest absolute Gasteiger partial charge is 0.227 e. The van der Waals surface area contributed by atoms with Crippen molar-refractivity contribution < 1.29 is 18.3 Å². The molecule has 1 N–H and O–H groups in total. The Morgan fingerprint density at radius 1 is 1.12 bits per heavy atom. The Balaban J connectivity index is 1.78. The van der Waals surface area contributed by atoms with Gasteiger partial charge in [0.25, 0.3) is 0 Å². The quantitative estimate of drug-likeness (QED) is 0.847. The van der Waals surface area contributed by atoms with Gasteiger partial charge in [-0.25, -0.2) is 8.42 Å². The van der Waals surface area contributed by atoms with Crippen LogP contribution in [0.2, 0.25) is 0 Å². The van der Waals surface area contributed by atoms with Crippen LogP contribution in [0, 0.1) is 0 Å². The van der Waals surface area contributed by atoms with E-state index in [1.54, 1.807) is 4.90 Å². The van der Waals surface area contributed by atoms with E-state index in [4.69, 9.17) is 0 Å². The minimum atomic E-state index is -3.16. The van der Waals surface area contributed by atoms with Crippen molar-refractivity contribution in [2.24, 2.45) is 0 Å². The van der Waals surface area contributed by atoms with E-state index in [-0.39, 0.29) is 12.5 Å². The Morgan fingerprint density at radius 2 is 1.83 bits per heavy atom. The molecule has 132 valence electrons. The Hall–Kier alpha value is -1.64. The van der Waals surface area contributed by atoms with Gasteiger partial charge in [0.15, 0.2) is 0 Å². The SMILES string of the molecule is CS(=O)(=O)N1CCN(c2ccc(N3CCCC3=O)cc2CO)CC1. The maximum absolute atomic E-state index is 11.9. The first kappa shape index (κ1) is 17.2. The summed E-state index contributed by atoms with van der Waals surface area (Å²) in [5.41, 5.74) is 2.49. The molecule has 24 heavy (non-hydrogen) atoms. The highest BCUT2D eigenvalue weighted by Crippen LogP contribution is 2.29. The summed E-state index contributed by atoms with van der Waals surface area (Å²) in [6.45, 7) is 2.66. The van der Waals surface area contributed by atoms with Crippen LogP contribution < -0.4 is 9.80 Å². The lowest BCUT2D eigenvalue weighted by Gasteiger charge is -2.36. The molecule has 0 saturated carbocycles. The number of amides is 1. The highest BCUT2D eigenvalue weighted by molar-refractivity contribution is 7.88. The van der Waals surface area contributed by atoms with E-state index in [9.17, 15) is 18.3 Å². The first-order valence-electron chi connectivity index (χ1n) is 8.14. The molecule has 0 aliphatic carbocycles. The fourth-order valence-corrected chi connectivity index (χ4v) is 4.18. The second-order valence-corrected chi connectivity index (χ2v) is 8.25. The summed E-state index contributed by atoms with van der Waals surface area (Å²) in [6, 6.07) is 5.69. The maximum atomic E-state index is 11.9. The molecule has 1 aromatic carbocycles. The summed E-state index contributed by atoms with van der Waals surface area (Å²) in [4.78, 5) is 15.7. The second-order valence-electron chi connectivity index (χ2n) is 6.27. The first-order valence-corrected chi connectivity index (χ1v) is 9.99.